The van der Waals surface area contributed by atoms with Crippen molar-refractivity contribution in [1.82, 2.24) is 10.6 Å². The van der Waals surface area contributed by atoms with Crippen LogP contribution in [0.3, 0.4) is 0 Å². The molecule has 0 bridgehead atoms. The Hall–Kier alpha value is -2.40. The van der Waals surface area contributed by atoms with E-state index in [1.807, 2.05) is 30.3 Å². The molecule has 5 heteroatoms. The average Bonchev–Trinajstić information content (AvgIpc) is 2.64. The number of rotatable bonds is 10. The molecule has 0 heterocycles. The van der Waals surface area contributed by atoms with Gasteiger partial charge in [-0.1, -0.05) is 62.2 Å². The Balaban J connectivity index is 2.07. The number of carbonyl (C=O) groups excluding carboxylic acids is 2. The lowest BCUT2D eigenvalue weighted by atomic mass is 10.0. The topological polar surface area (TPSA) is 84.2 Å². The molecule has 0 fully saturated rings. The lowest BCUT2D eigenvalue weighted by Gasteiger charge is -2.19. The number of carbonyl (C=O) groups is 2. The molecule has 0 unspecified atom stereocenters. The van der Waals surface area contributed by atoms with Crippen LogP contribution in [0.4, 0.5) is 0 Å². The van der Waals surface area contributed by atoms with Crippen LogP contribution < -0.4 is 16.4 Å². The number of unbranched alkanes of at least 4 members (excludes halogenated alkanes) is 2. The molecule has 0 radical (unpaired) electrons. The summed E-state index contributed by atoms with van der Waals surface area (Å²) >= 11 is 0. The second kappa shape index (κ2) is 10.6. The van der Waals surface area contributed by atoms with Crippen LogP contribution in [0.5, 0.6) is 0 Å². The molecule has 5 nitrogen and oxygen atoms in total. The van der Waals surface area contributed by atoms with Gasteiger partial charge in [0.25, 0.3) is 0 Å². The second-order valence-electron chi connectivity index (χ2n) is 6.54. The molecular formula is C21H29N3O2. The molecule has 0 aliphatic rings. The summed E-state index contributed by atoms with van der Waals surface area (Å²) in [4.78, 5) is 24.5. The van der Waals surface area contributed by atoms with Gasteiger partial charge in [-0.05, 0) is 22.8 Å². The summed E-state index contributed by atoms with van der Waals surface area (Å²) in [5.41, 5.74) is 6.47. The van der Waals surface area contributed by atoms with Crippen molar-refractivity contribution in [2.24, 2.45) is 5.73 Å². The predicted octanol–water partition coefficient (Wildman–Crippen LogP) is 2.52. The fourth-order valence-corrected chi connectivity index (χ4v) is 2.92. The van der Waals surface area contributed by atoms with E-state index in [9.17, 15) is 9.59 Å². The van der Waals surface area contributed by atoms with E-state index in [0.29, 0.717) is 13.0 Å². The molecular weight excluding hydrogens is 326 g/mol. The highest BCUT2D eigenvalue weighted by Crippen LogP contribution is 2.16. The number of nitrogens with two attached hydrogens (primary N) is 1. The Labute approximate surface area is 155 Å². The van der Waals surface area contributed by atoms with Gasteiger partial charge in [-0.25, -0.2) is 0 Å². The molecule has 2 amide bonds. The quantitative estimate of drug-likeness (QED) is 0.573. The molecule has 0 aliphatic carbocycles. The summed E-state index contributed by atoms with van der Waals surface area (Å²) in [5, 5.41) is 8.04. The van der Waals surface area contributed by atoms with E-state index in [2.05, 4.69) is 29.7 Å². The highest BCUT2D eigenvalue weighted by molar-refractivity contribution is 5.88. The third-order valence-corrected chi connectivity index (χ3v) is 4.36. The predicted molar refractivity (Wildman–Crippen MR) is 106 cm³/mol. The van der Waals surface area contributed by atoms with E-state index in [1.54, 1.807) is 0 Å². The molecule has 0 aromatic heterocycles. The Kier molecular flexibility index (Phi) is 8.09. The molecule has 2 rings (SSSR count). The first-order valence-electron chi connectivity index (χ1n) is 9.39. The van der Waals surface area contributed by atoms with Crippen molar-refractivity contribution in [3.05, 3.63) is 48.0 Å². The summed E-state index contributed by atoms with van der Waals surface area (Å²) in [5.74, 6) is -0.332. The molecule has 0 saturated carbocycles. The lowest BCUT2D eigenvalue weighted by Crippen LogP contribution is -2.48. The van der Waals surface area contributed by atoms with Crippen LogP contribution >= 0.6 is 0 Å². The Morgan fingerprint density at radius 1 is 1.08 bits per heavy atom. The minimum Gasteiger partial charge on any atom is -0.354 e. The monoisotopic (exact) mass is 355 g/mol. The van der Waals surface area contributed by atoms with Crippen molar-refractivity contribution in [1.29, 1.82) is 0 Å². The zero-order valence-electron chi connectivity index (χ0n) is 15.5. The molecule has 0 spiro atoms. The highest BCUT2D eigenvalue weighted by atomic mass is 16.2. The number of amides is 2. The molecule has 1 atom stereocenters. The zero-order chi connectivity index (χ0) is 18.8. The van der Waals surface area contributed by atoms with Gasteiger partial charge in [0.15, 0.2) is 0 Å². The molecule has 0 aliphatic heterocycles. The summed E-state index contributed by atoms with van der Waals surface area (Å²) in [6.45, 7) is 3.03. The Morgan fingerprint density at radius 3 is 2.58 bits per heavy atom. The van der Waals surface area contributed by atoms with Crippen LogP contribution in [-0.2, 0) is 16.0 Å². The van der Waals surface area contributed by atoms with Crippen LogP contribution in [0.15, 0.2) is 42.5 Å². The number of hydrogen-bond acceptors (Lipinski definition) is 3. The molecule has 140 valence electrons. The third-order valence-electron chi connectivity index (χ3n) is 4.36. The van der Waals surface area contributed by atoms with Gasteiger partial charge in [-0.2, -0.15) is 0 Å². The maximum Gasteiger partial charge on any atom is 0.242 e. The van der Waals surface area contributed by atoms with Crippen LogP contribution in [0.1, 0.15) is 38.2 Å². The average molecular weight is 355 g/mol. The van der Waals surface area contributed by atoms with E-state index in [-0.39, 0.29) is 24.8 Å². The van der Waals surface area contributed by atoms with Crippen molar-refractivity contribution < 1.29 is 9.59 Å². The normalized spacial score (nSPS) is 11.9. The van der Waals surface area contributed by atoms with Gasteiger partial charge in [-0.3, -0.25) is 9.59 Å². The van der Waals surface area contributed by atoms with Crippen molar-refractivity contribution in [3.63, 3.8) is 0 Å². The van der Waals surface area contributed by atoms with Gasteiger partial charge >= 0.3 is 0 Å². The SMILES string of the molecule is CCCCCNC(=O)[C@@H](Cc1ccc2ccccc2c1)NC(=O)CCN. The molecule has 2 aromatic carbocycles. The van der Waals surface area contributed by atoms with Gasteiger partial charge in [0.05, 0.1) is 0 Å². The van der Waals surface area contributed by atoms with Crippen molar-refractivity contribution in [2.45, 2.75) is 45.1 Å². The second-order valence-corrected chi connectivity index (χ2v) is 6.54. The van der Waals surface area contributed by atoms with E-state index in [4.69, 9.17) is 5.73 Å². The van der Waals surface area contributed by atoms with Crippen LogP contribution in [-0.4, -0.2) is 30.9 Å². The number of hydrogen-bond donors (Lipinski definition) is 3. The van der Waals surface area contributed by atoms with Gasteiger partial charge in [0.2, 0.25) is 11.8 Å². The van der Waals surface area contributed by atoms with Crippen molar-refractivity contribution in [2.75, 3.05) is 13.1 Å². The third kappa shape index (κ3) is 6.15. The first-order valence-corrected chi connectivity index (χ1v) is 9.39. The molecule has 2 aromatic rings. The lowest BCUT2D eigenvalue weighted by molar-refractivity contribution is -0.128. The van der Waals surface area contributed by atoms with Crippen molar-refractivity contribution in [3.8, 4) is 0 Å². The van der Waals surface area contributed by atoms with Gasteiger partial charge < -0.3 is 16.4 Å². The maximum atomic E-state index is 12.6. The maximum absolute atomic E-state index is 12.6. The van der Waals surface area contributed by atoms with Crippen LogP contribution in [0, 0.1) is 0 Å². The van der Waals surface area contributed by atoms with Crippen LogP contribution in [0.25, 0.3) is 10.8 Å². The van der Waals surface area contributed by atoms with Crippen molar-refractivity contribution >= 4 is 22.6 Å². The smallest absolute Gasteiger partial charge is 0.242 e. The molecule has 26 heavy (non-hydrogen) atoms. The Morgan fingerprint density at radius 2 is 1.85 bits per heavy atom. The summed E-state index contributed by atoms with van der Waals surface area (Å²) < 4.78 is 0. The van der Waals surface area contributed by atoms with Gasteiger partial charge in [-0.15, -0.1) is 0 Å². The first-order chi connectivity index (χ1) is 12.6. The van der Waals surface area contributed by atoms with Gasteiger partial charge in [0, 0.05) is 25.9 Å². The molecule has 4 N–H and O–H groups in total. The Bertz CT molecular complexity index is 730. The minimum absolute atomic E-state index is 0.139. The summed E-state index contributed by atoms with van der Waals surface area (Å²) in [7, 11) is 0. The van der Waals surface area contributed by atoms with E-state index in [1.165, 1.54) is 0 Å². The highest BCUT2D eigenvalue weighted by Gasteiger charge is 2.20. The zero-order valence-corrected chi connectivity index (χ0v) is 15.5. The van der Waals surface area contributed by atoms with E-state index >= 15 is 0 Å². The van der Waals surface area contributed by atoms with E-state index < -0.39 is 6.04 Å². The minimum atomic E-state index is -0.586. The first kappa shape index (κ1) is 19.9. The summed E-state index contributed by atoms with van der Waals surface area (Å²) in [6.07, 6.45) is 3.80. The van der Waals surface area contributed by atoms with Crippen LogP contribution in [0.2, 0.25) is 0 Å². The number of benzene rings is 2. The molecule has 0 saturated heterocycles. The number of nitrogens with one attached hydrogen (secondary N) is 2. The largest absolute Gasteiger partial charge is 0.354 e. The van der Waals surface area contributed by atoms with E-state index in [0.717, 1.165) is 35.6 Å². The fraction of sp³-hybridized carbons (Fsp3) is 0.429. The summed E-state index contributed by atoms with van der Waals surface area (Å²) in [6, 6.07) is 13.6. The van der Waals surface area contributed by atoms with Gasteiger partial charge in [0.1, 0.15) is 6.04 Å². The number of fused-ring (bicyclic) bond motifs is 1. The standard InChI is InChI=1S/C21H29N3O2/c1-2-3-6-13-23-21(26)19(24-20(25)11-12-22)15-16-9-10-17-7-4-5-8-18(17)14-16/h4-5,7-10,14,19H,2-3,6,11-13,15,22H2,1H3,(H,23,26)(H,24,25)/t19-/m1/s1. The fourth-order valence-electron chi connectivity index (χ4n) is 2.92.